The molecule has 1 unspecified atom stereocenters. The average molecular weight is 248 g/mol. The number of amides is 1. The smallest absolute Gasteiger partial charge is 0.264 e. The highest BCUT2D eigenvalue weighted by atomic mass is 32.1. The third-order valence-corrected chi connectivity index (χ3v) is 3.38. The van der Waals surface area contributed by atoms with Gasteiger partial charge in [0.25, 0.3) is 5.91 Å². The first kappa shape index (κ1) is 11.5. The molecule has 2 aromatic heterocycles. The number of carbonyl (C=O) groups excluding carboxylic acids is 1. The van der Waals surface area contributed by atoms with Gasteiger partial charge in [-0.25, -0.2) is 9.97 Å². The first-order valence-corrected chi connectivity index (χ1v) is 5.87. The second-order valence-electron chi connectivity index (χ2n) is 3.55. The maximum Gasteiger partial charge on any atom is 0.264 e. The SMILES string of the molecule is C=CC(C)NC(=O)c1sc2nccnc2c1N. The summed E-state index contributed by atoms with van der Waals surface area (Å²) in [4.78, 5) is 21.3. The monoisotopic (exact) mass is 248 g/mol. The highest BCUT2D eigenvalue weighted by Crippen LogP contribution is 2.30. The van der Waals surface area contributed by atoms with Gasteiger partial charge in [-0.05, 0) is 6.92 Å². The van der Waals surface area contributed by atoms with Gasteiger partial charge in [0, 0.05) is 18.4 Å². The van der Waals surface area contributed by atoms with Crippen molar-refractivity contribution in [2.24, 2.45) is 0 Å². The van der Waals surface area contributed by atoms with Gasteiger partial charge in [0.1, 0.15) is 15.2 Å². The van der Waals surface area contributed by atoms with Gasteiger partial charge in [0.2, 0.25) is 0 Å². The normalized spacial score (nSPS) is 12.3. The van der Waals surface area contributed by atoms with E-state index >= 15 is 0 Å². The van der Waals surface area contributed by atoms with E-state index in [-0.39, 0.29) is 11.9 Å². The summed E-state index contributed by atoms with van der Waals surface area (Å²) < 4.78 is 0. The van der Waals surface area contributed by atoms with E-state index in [1.165, 1.54) is 11.3 Å². The Balaban J connectivity index is 2.39. The van der Waals surface area contributed by atoms with Crippen LogP contribution >= 0.6 is 11.3 Å². The standard InChI is InChI=1S/C11H12N4OS/c1-3-6(2)15-10(16)9-7(12)8-11(17-9)14-5-4-13-8/h3-6H,1,12H2,2H3,(H,15,16). The van der Waals surface area contributed by atoms with Gasteiger partial charge in [-0.2, -0.15) is 0 Å². The number of thiophene rings is 1. The minimum atomic E-state index is -0.222. The van der Waals surface area contributed by atoms with E-state index in [4.69, 9.17) is 5.73 Å². The lowest BCUT2D eigenvalue weighted by Gasteiger charge is -2.07. The fraction of sp³-hybridized carbons (Fsp3) is 0.182. The molecule has 0 aromatic carbocycles. The van der Waals surface area contributed by atoms with Crippen LogP contribution in [0.4, 0.5) is 5.69 Å². The second-order valence-corrected chi connectivity index (χ2v) is 4.55. The quantitative estimate of drug-likeness (QED) is 0.808. The first-order valence-electron chi connectivity index (χ1n) is 5.06. The lowest BCUT2D eigenvalue weighted by molar-refractivity contribution is 0.0952. The van der Waals surface area contributed by atoms with Gasteiger partial charge in [-0.1, -0.05) is 6.08 Å². The fourth-order valence-electron chi connectivity index (χ4n) is 1.34. The van der Waals surface area contributed by atoms with Crippen molar-refractivity contribution in [2.75, 3.05) is 5.73 Å². The summed E-state index contributed by atoms with van der Waals surface area (Å²) in [6.45, 7) is 5.44. The summed E-state index contributed by atoms with van der Waals surface area (Å²) in [5, 5.41) is 2.77. The molecule has 0 aliphatic carbocycles. The van der Waals surface area contributed by atoms with Gasteiger partial charge in [0.15, 0.2) is 0 Å². The number of nitrogen functional groups attached to an aromatic ring is 1. The van der Waals surface area contributed by atoms with Gasteiger partial charge in [-0.3, -0.25) is 4.79 Å². The average Bonchev–Trinajstić information content (AvgIpc) is 2.67. The predicted octanol–water partition coefficient (Wildman–Crippen LogP) is 1.58. The van der Waals surface area contributed by atoms with Crippen molar-refractivity contribution in [3.05, 3.63) is 29.9 Å². The van der Waals surface area contributed by atoms with Gasteiger partial charge < -0.3 is 11.1 Å². The van der Waals surface area contributed by atoms with Crippen LogP contribution in [-0.2, 0) is 0 Å². The van der Waals surface area contributed by atoms with E-state index in [9.17, 15) is 4.79 Å². The third-order valence-electron chi connectivity index (χ3n) is 2.28. The van der Waals surface area contributed by atoms with Crippen molar-refractivity contribution < 1.29 is 4.79 Å². The molecule has 1 atom stereocenters. The van der Waals surface area contributed by atoms with Crippen molar-refractivity contribution in [3.8, 4) is 0 Å². The topological polar surface area (TPSA) is 80.9 Å². The second kappa shape index (κ2) is 4.50. The highest BCUT2D eigenvalue weighted by Gasteiger charge is 2.18. The van der Waals surface area contributed by atoms with E-state index < -0.39 is 0 Å². The zero-order valence-corrected chi connectivity index (χ0v) is 10.1. The molecule has 0 bridgehead atoms. The van der Waals surface area contributed by atoms with Gasteiger partial charge >= 0.3 is 0 Å². The molecule has 3 N–H and O–H groups in total. The number of nitrogens with two attached hydrogens (primary N) is 1. The Morgan fingerprint density at radius 1 is 1.59 bits per heavy atom. The Hall–Kier alpha value is -1.95. The molecule has 17 heavy (non-hydrogen) atoms. The number of hydrogen-bond acceptors (Lipinski definition) is 5. The molecule has 1 amide bonds. The van der Waals surface area contributed by atoms with Crippen molar-refractivity contribution in [3.63, 3.8) is 0 Å². The molecule has 2 heterocycles. The summed E-state index contributed by atoms with van der Waals surface area (Å²) in [6, 6.07) is -0.104. The number of anilines is 1. The number of fused-ring (bicyclic) bond motifs is 1. The fourth-order valence-corrected chi connectivity index (χ4v) is 2.27. The van der Waals surface area contributed by atoms with Crippen LogP contribution in [-0.4, -0.2) is 21.9 Å². The van der Waals surface area contributed by atoms with Gasteiger partial charge in [-0.15, -0.1) is 17.9 Å². The maximum absolute atomic E-state index is 11.9. The van der Waals surface area contributed by atoms with Crippen LogP contribution in [0.2, 0.25) is 0 Å². The Bertz CT molecular complexity index is 578. The van der Waals surface area contributed by atoms with E-state index in [1.54, 1.807) is 18.5 Å². The third kappa shape index (κ3) is 2.12. The lowest BCUT2D eigenvalue weighted by Crippen LogP contribution is -2.30. The molecule has 0 aliphatic heterocycles. The molecule has 88 valence electrons. The highest BCUT2D eigenvalue weighted by molar-refractivity contribution is 7.21. The Kier molecular flexibility index (Phi) is 3.06. The summed E-state index contributed by atoms with van der Waals surface area (Å²) >= 11 is 1.24. The maximum atomic E-state index is 11.9. The van der Waals surface area contributed by atoms with E-state index in [0.717, 1.165) is 0 Å². The lowest BCUT2D eigenvalue weighted by atomic mass is 10.3. The van der Waals surface area contributed by atoms with Crippen molar-refractivity contribution in [1.82, 2.24) is 15.3 Å². The summed E-state index contributed by atoms with van der Waals surface area (Å²) in [5.74, 6) is -0.222. The molecule has 0 radical (unpaired) electrons. The number of aromatic nitrogens is 2. The number of rotatable bonds is 3. The summed E-state index contributed by atoms with van der Waals surface area (Å²) in [5.41, 5.74) is 6.84. The minimum Gasteiger partial charge on any atom is -0.396 e. The van der Waals surface area contributed by atoms with Crippen LogP contribution in [0.1, 0.15) is 16.6 Å². The summed E-state index contributed by atoms with van der Waals surface area (Å²) in [6.07, 6.45) is 4.78. The number of nitrogens with zero attached hydrogens (tertiary/aromatic N) is 2. The number of hydrogen-bond donors (Lipinski definition) is 2. The van der Waals surface area contributed by atoms with Crippen LogP contribution in [0, 0.1) is 0 Å². The van der Waals surface area contributed by atoms with Crippen molar-refractivity contribution in [1.29, 1.82) is 0 Å². The Morgan fingerprint density at radius 3 is 2.94 bits per heavy atom. The molecule has 6 heteroatoms. The van der Waals surface area contributed by atoms with E-state index in [1.807, 2.05) is 6.92 Å². The number of carbonyl (C=O) groups is 1. The molecular formula is C11H12N4OS. The van der Waals surface area contributed by atoms with Gasteiger partial charge in [0.05, 0.1) is 5.69 Å². The van der Waals surface area contributed by atoms with Crippen LogP contribution in [0.15, 0.2) is 25.0 Å². The molecule has 0 saturated heterocycles. The van der Waals surface area contributed by atoms with Crippen LogP contribution in [0.5, 0.6) is 0 Å². The van der Waals surface area contributed by atoms with E-state index in [2.05, 4.69) is 21.9 Å². The van der Waals surface area contributed by atoms with Crippen molar-refractivity contribution >= 4 is 33.3 Å². The molecule has 0 fully saturated rings. The Labute approximate surface area is 102 Å². The predicted molar refractivity (Wildman–Crippen MR) is 69.0 cm³/mol. The van der Waals surface area contributed by atoms with Crippen LogP contribution in [0.3, 0.4) is 0 Å². The van der Waals surface area contributed by atoms with Crippen LogP contribution in [0.25, 0.3) is 10.3 Å². The van der Waals surface area contributed by atoms with E-state index in [0.29, 0.717) is 20.9 Å². The largest absolute Gasteiger partial charge is 0.396 e. The molecule has 5 nitrogen and oxygen atoms in total. The minimum absolute atomic E-state index is 0.104. The molecule has 2 rings (SSSR count). The molecule has 0 aliphatic rings. The molecule has 0 saturated carbocycles. The molecule has 0 spiro atoms. The zero-order chi connectivity index (χ0) is 12.4. The first-order chi connectivity index (χ1) is 8.13. The number of nitrogens with one attached hydrogen (secondary N) is 1. The van der Waals surface area contributed by atoms with Crippen molar-refractivity contribution in [2.45, 2.75) is 13.0 Å². The molecular weight excluding hydrogens is 236 g/mol. The van der Waals surface area contributed by atoms with Crippen LogP contribution < -0.4 is 11.1 Å². The Morgan fingerprint density at radius 2 is 2.29 bits per heavy atom. The zero-order valence-electron chi connectivity index (χ0n) is 9.30. The molecule has 2 aromatic rings. The summed E-state index contributed by atoms with van der Waals surface area (Å²) in [7, 11) is 0.